The summed E-state index contributed by atoms with van der Waals surface area (Å²) in [5, 5.41) is 9.51. The van der Waals surface area contributed by atoms with Crippen LogP contribution >= 0.6 is 0 Å². The van der Waals surface area contributed by atoms with Crippen LogP contribution in [0.25, 0.3) is 0 Å². The van der Waals surface area contributed by atoms with Crippen molar-refractivity contribution < 1.29 is 14.3 Å². The van der Waals surface area contributed by atoms with Crippen LogP contribution in [-0.2, 0) is 0 Å². The number of benzene rings is 1. The third-order valence-corrected chi connectivity index (χ3v) is 2.42. The Morgan fingerprint density at radius 1 is 1.29 bits per heavy atom. The van der Waals surface area contributed by atoms with E-state index in [-0.39, 0.29) is 17.2 Å². The van der Waals surface area contributed by atoms with E-state index in [1.54, 1.807) is 7.05 Å². The number of rotatable bonds is 4. The molecular weight excluding hydrogens is 223 g/mol. The molecule has 0 atom stereocenters. The van der Waals surface area contributed by atoms with Gasteiger partial charge in [-0.1, -0.05) is 0 Å². The van der Waals surface area contributed by atoms with E-state index in [9.17, 15) is 14.3 Å². The zero-order valence-corrected chi connectivity index (χ0v) is 10.3. The van der Waals surface area contributed by atoms with Crippen LogP contribution in [-0.4, -0.2) is 55.0 Å². The maximum absolute atomic E-state index is 13.0. The topological polar surface area (TPSA) is 43.8 Å². The molecular formula is C12H17FN2O2. The van der Waals surface area contributed by atoms with E-state index in [0.717, 1.165) is 12.1 Å². The molecule has 1 amide bonds. The van der Waals surface area contributed by atoms with Crippen molar-refractivity contribution in [2.45, 2.75) is 0 Å². The number of phenolic OH excluding ortho intramolecular Hbond substituents is 1. The lowest BCUT2D eigenvalue weighted by Gasteiger charge is -2.20. The normalized spacial score (nSPS) is 10.6. The van der Waals surface area contributed by atoms with Crippen molar-refractivity contribution in [2.24, 2.45) is 0 Å². The third kappa shape index (κ3) is 3.71. The molecule has 94 valence electrons. The van der Waals surface area contributed by atoms with Crippen LogP contribution in [0.3, 0.4) is 0 Å². The van der Waals surface area contributed by atoms with Gasteiger partial charge in [-0.2, -0.15) is 0 Å². The number of carbonyl (C=O) groups is 1. The maximum Gasteiger partial charge on any atom is 0.257 e. The zero-order chi connectivity index (χ0) is 13.0. The van der Waals surface area contributed by atoms with E-state index in [2.05, 4.69) is 0 Å². The van der Waals surface area contributed by atoms with Gasteiger partial charge in [-0.05, 0) is 32.3 Å². The van der Waals surface area contributed by atoms with Crippen molar-refractivity contribution in [1.82, 2.24) is 9.80 Å². The summed E-state index contributed by atoms with van der Waals surface area (Å²) in [5.74, 6) is -1.12. The molecule has 0 aromatic heterocycles. The highest BCUT2D eigenvalue weighted by molar-refractivity contribution is 5.96. The molecule has 0 saturated carbocycles. The smallest absolute Gasteiger partial charge is 0.257 e. The summed E-state index contributed by atoms with van der Waals surface area (Å²) in [7, 11) is 5.42. The van der Waals surface area contributed by atoms with E-state index in [1.165, 1.54) is 11.0 Å². The minimum absolute atomic E-state index is 0.00810. The number of likely N-dealkylation sites (N-methyl/N-ethyl adjacent to an activating group) is 2. The number of phenols is 1. The Bertz CT molecular complexity index is 407. The van der Waals surface area contributed by atoms with Gasteiger partial charge in [0.05, 0.1) is 5.56 Å². The van der Waals surface area contributed by atoms with Crippen LogP contribution in [0, 0.1) is 5.82 Å². The Labute approximate surface area is 100 Å². The van der Waals surface area contributed by atoms with Crippen molar-refractivity contribution in [3.63, 3.8) is 0 Å². The molecule has 1 rings (SSSR count). The molecule has 0 fully saturated rings. The van der Waals surface area contributed by atoms with Crippen molar-refractivity contribution in [1.29, 1.82) is 0 Å². The van der Waals surface area contributed by atoms with Crippen LogP contribution in [0.4, 0.5) is 4.39 Å². The largest absolute Gasteiger partial charge is 0.507 e. The van der Waals surface area contributed by atoms with Gasteiger partial charge in [0.1, 0.15) is 11.6 Å². The van der Waals surface area contributed by atoms with Gasteiger partial charge in [0.15, 0.2) is 0 Å². The summed E-state index contributed by atoms with van der Waals surface area (Å²) in [5.41, 5.74) is -0.00810. The number of amides is 1. The van der Waals surface area contributed by atoms with Gasteiger partial charge in [-0.3, -0.25) is 4.79 Å². The Kier molecular flexibility index (Phi) is 4.45. The molecule has 5 heteroatoms. The van der Waals surface area contributed by atoms with Crippen molar-refractivity contribution in [3.8, 4) is 5.75 Å². The van der Waals surface area contributed by atoms with Crippen LogP contribution in [0.2, 0.25) is 0 Å². The first kappa shape index (κ1) is 13.4. The standard InChI is InChI=1S/C12H17FN2O2/c1-14(2)6-7-15(3)12(17)10-8-9(13)4-5-11(10)16/h4-5,8,16H,6-7H2,1-3H3. The Hall–Kier alpha value is -1.62. The average molecular weight is 240 g/mol. The first-order chi connectivity index (χ1) is 7.91. The molecule has 17 heavy (non-hydrogen) atoms. The highest BCUT2D eigenvalue weighted by Gasteiger charge is 2.16. The van der Waals surface area contributed by atoms with Crippen molar-refractivity contribution in [3.05, 3.63) is 29.6 Å². The molecule has 0 spiro atoms. The second-order valence-electron chi connectivity index (χ2n) is 4.19. The van der Waals surface area contributed by atoms with Gasteiger partial charge in [-0.25, -0.2) is 4.39 Å². The molecule has 4 nitrogen and oxygen atoms in total. The van der Waals surface area contributed by atoms with Crippen molar-refractivity contribution >= 4 is 5.91 Å². The van der Waals surface area contributed by atoms with Gasteiger partial charge in [0.25, 0.3) is 5.91 Å². The van der Waals surface area contributed by atoms with E-state index in [4.69, 9.17) is 0 Å². The monoisotopic (exact) mass is 240 g/mol. The third-order valence-electron chi connectivity index (χ3n) is 2.42. The van der Waals surface area contributed by atoms with E-state index >= 15 is 0 Å². The van der Waals surface area contributed by atoms with Gasteiger partial charge >= 0.3 is 0 Å². The lowest BCUT2D eigenvalue weighted by Crippen LogP contribution is -2.33. The SMILES string of the molecule is CN(C)CCN(C)C(=O)c1cc(F)ccc1O. The molecule has 1 aromatic rings. The van der Waals surface area contributed by atoms with Gasteiger partial charge in [0.2, 0.25) is 0 Å². The first-order valence-electron chi connectivity index (χ1n) is 5.30. The quantitative estimate of drug-likeness (QED) is 0.859. The second kappa shape index (κ2) is 5.63. The molecule has 0 bridgehead atoms. The lowest BCUT2D eigenvalue weighted by molar-refractivity contribution is 0.0783. The highest BCUT2D eigenvalue weighted by Crippen LogP contribution is 2.19. The van der Waals surface area contributed by atoms with Crippen LogP contribution in [0.1, 0.15) is 10.4 Å². The second-order valence-corrected chi connectivity index (χ2v) is 4.19. The van der Waals surface area contributed by atoms with E-state index in [1.807, 2.05) is 19.0 Å². The van der Waals surface area contributed by atoms with Gasteiger partial charge in [-0.15, -0.1) is 0 Å². The number of hydrogen-bond acceptors (Lipinski definition) is 3. The molecule has 0 radical (unpaired) electrons. The van der Waals surface area contributed by atoms with E-state index in [0.29, 0.717) is 13.1 Å². The zero-order valence-electron chi connectivity index (χ0n) is 10.3. The van der Waals surface area contributed by atoms with Gasteiger partial charge in [0, 0.05) is 20.1 Å². The number of carbonyl (C=O) groups excluding carboxylic acids is 1. The Morgan fingerprint density at radius 2 is 1.94 bits per heavy atom. The minimum atomic E-state index is -0.535. The fourth-order valence-electron chi connectivity index (χ4n) is 1.34. The van der Waals surface area contributed by atoms with Crippen LogP contribution in [0.5, 0.6) is 5.75 Å². The van der Waals surface area contributed by atoms with Crippen LogP contribution < -0.4 is 0 Å². The number of aromatic hydroxyl groups is 1. The van der Waals surface area contributed by atoms with E-state index < -0.39 is 5.82 Å². The average Bonchev–Trinajstić information content (AvgIpc) is 2.28. The van der Waals surface area contributed by atoms with Crippen LogP contribution in [0.15, 0.2) is 18.2 Å². The molecule has 0 saturated heterocycles. The predicted octanol–water partition coefficient (Wildman–Crippen LogP) is 1.16. The Morgan fingerprint density at radius 3 is 2.53 bits per heavy atom. The Balaban J connectivity index is 2.78. The maximum atomic E-state index is 13.0. The van der Waals surface area contributed by atoms with Gasteiger partial charge < -0.3 is 14.9 Å². The summed E-state index contributed by atoms with van der Waals surface area (Å²) in [6.07, 6.45) is 0. The fourth-order valence-corrected chi connectivity index (χ4v) is 1.34. The molecule has 1 aromatic carbocycles. The first-order valence-corrected chi connectivity index (χ1v) is 5.30. The fraction of sp³-hybridized carbons (Fsp3) is 0.417. The summed E-state index contributed by atoms with van der Waals surface area (Å²) in [6, 6.07) is 3.35. The molecule has 0 aliphatic carbocycles. The summed E-state index contributed by atoms with van der Waals surface area (Å²) in [4.78, 5) is 15.3. The number of halogens is 1. The molecule has 0 aliphatic rings. The molecule has 0 aliphatic heterocycles. The van der Waals surface area contributed by atoms with Crippen molar-refractivity contribution in [2.75, 3.05) is 34.2 Å². The molecule has 0 heterocycles. The molecule has 0 unspecified atom stereocenters. The number of nitrogens with zero attached hydrogens (tertiary/aromatic N) is 2. The summed E-state index contributed by atoms with van der Waals surface area (Å²) in [6.45, 7) is 1.22. The number of hydrogen-bond donors (Lipinski definition) is 1. The summed E-state index contributed by atoms with van der Waals surface area (Å²) < 4.78 is 13.0. The predicted molar refractivity (Wildman–Crippen MR) is 63.6 cm³/mol. The lowest BCUT2D eigenvalue weighted by atomic mass is 10.1. The highest BCUT2D eigenvalue weighted by atomic mass is 19.1. The minimum Gasteiger partial charge on any atom is -0.507 e. The molecule has 1 N–H and O–H groups in total. The summed E-state index contributed by atoms with van der Waals surface area (Å²) >= 11 is 0.